The Morgan fingerprint density at radius 1 is 1.10 bits per heavy atom. The molecule has 1 aromatic heterocycles. The number of hydrogen-bond acceptors (Lipinski definition) is 6. The maximum Gasteiger partial charge on any atom is 0.269 e. The van der Waals surface area contributed by atoms with Crippen molar-refractivity contribution in [2.45, 2.75) is 58.0 Å². The second-order valence-electron chi connectivity index (χ2n) is 8.91. The predicted octanol–water partition coefficient (Wildman–Crippen LogP) is 2.19. The van der Waals surface area contributed by atoms with Crippen molar-refractivity contribution in [3.05, 3.63) is 40.2 Å². The molecule has 30 heavy (non-hydrogen) atoms. The molecule has 1 atom stereocenters. The number of nitro benzene ring substituents is 1. The largest absolute Gasteiger partial charge is 0.360 e. The molecule has 1 aliphatic heterocycles. The maximum atomic E-state index is 10.9. The quantitative estimate of drug-likeness (QED) is 0.575. The predicted molar refractivity (Wildman–Crippen MR) is 114 cm³/mol. The van der Waals surface area contributed by atoms with Crippen molar-refractivity contribution >= 4 is 11.4 Å². The van der Waals surface area contributed by atoms with Gasteiger partial charge in [0.25, 0.3) is 5.69 Å². The van der Waals surface area contributed by atoms with Gasteiger partial charge in [-0.2, -0.15) is 0 Å². The third-order valence-electron chi connectivity index (χ3n) is 6.65. The Labute approximate surface area is 177 Å². The van der Waals surface area contributed by atoms with Crippen LogP contribution in [-0.2, 0) is 0 Å². The van der Waals surface area contributed by atoms with Gasteiger partial charge in [-0.3, -0.25) is 10.1 Å². The van der Waals surface area contributed by atoms with Gasteiger partial charge in [0.1, 0.15) is 0 Å². The molecule has 1 aliphatic carbocycles. The lowest BCUT2D eigenvalue weighted by atomic mass is 9.94. The number of anilines is 1. The van der Waals surface area contributed by atoms with Crippen molar-refractivity contribution in [1.82, 2.24) is 20.2 Å². The van der Waals surface area contributed by atoms with E-state index < -0.39 is 0 Å². The van der Waals surface area contributed by atoms with Crippen LogP contribution in [0.25, 0.3) is 0 Å². The maximum absolute atomic E-state index is 10.9. The summed E-state index contributed by atoms with van der Waals surface area (Å²) in [5.41, 5.74) is 1.19. The molecule has 0 amide bonds. The van der Waals surface area contributed by atoms with Crippen molar-refractivity contribution < 1.29 is 9.82 Å². The first kappa shape index (κ1) is 20.7. The number of quaternary nitrogens is 1. The van der Waals surface area contributed by atoms with E-state index in [0.717, 1.165) is 37.7 Å². The lowest BCUT2D eigenvalue weighted by Crippen LogP contribution is -3.15. The molecule has 0 radical (unpaired) electrons. The summed E-state index contributed by atoms with van der Waals surface area (Å²) < 4.78 is 2.12. The fourth-order valence-electron chi connectivity index (χ4n) is 5.09. The first-order valence-electron chi connectivity index (χ1n) is 11.2. The summed E-state index contributed by atoms with van der Waals surface area (Å²) >= 11 is 0. The summed E-state index contributed by atoms with van der Waals surface area (Å²) in [5, 5.41) is 23.9. The Morgan fingerprint density at radius 3 is 2.37 bits per heavy atom. The van der Waals surface area contributed by atoms with Crippen LogP contribution in [0.3, 0.4) is 0 Å². The summed E-state index contributed by atoms with van der Waals surface area (Å²) in [7, 11) is 0. The van der Waals surface area contributed by atoms with Crippen LogP contribution in [0.5, 0.6) is 0 Å². The van der Waals surface area contributed by atoms with E-state index in [0.29, 0.717) is 12.0 Å². The smallest absolute Gasteiger partial charge is 0.269 e. The number of hydrogen-bond donors (Lipinski definition) is 1. The van der Waals surface area contributed by atoms with E-state index in [4.69, 9.17) is 0 Å². The monoisotopic (exact) mass is 414 g/mol. The second kappa shape index (κ2) is 9.07. The average Bonchev–Trinajstić information content (AvgIpc) is 3.24. The number of tetrazole rings is 1. The van der Waals surface area contributed by atoms with Crippen LogP contribution in [0.2, 0.25) is 0 Å². The number of non-ortho nitro benzene ring substituents is 1. The van der Waals surface area contributed by atoms with Gasteiger partial charge in [-0.25, -0.2) is 4.68 Å². The number of nitro groups is 1. The minimum Gasteiger partial charge on any atom is -0.360 e. The molecule has 1 saturated carbocycles. The topological polar surface area (TPSA) is 94.4 Å². The van der Waals surface area contributed by atoms with Gasteiger partial charge in [-0.1, -0.05) is 33.1 Å². The van der Waals surface area contributed by atoms with Crippen LogP contribution in [0.1, 0.15) is 63.9 Å². The summed E-state index contributed by atoms with van der Waals surface area (Å²) in [5.74, 6) is 1.48. The first-order chi connectivity index (χ1) is 14.5. The molecular formula is C21H32N7O2+. The highest BCUT2D eigenvalue weighted by atomic mass is 16.6. The van der Waals surface area contributed by atoms with Crippen LogP contribution in [0.15, 0.2) is 24.3 Å². The van der Waals surface area contributed by atoms with E-state index in [-0.39, 0.29) is 16.7 Å². The molecule has 1 saturated heterocycles. The van der Waals surface area contributed by atoms with Crippen molar-refractivity contribution in [2.24, 2.45) is 5.92 Å². The number of nitrogens with one attached hydrogen (secondary N) is 1. The van der Waals surface area contributed by atoms with Crippen LogP contribution in [0, 0.1) is 16.0 Å². The molecule has 2 aliphatic rings. The molecule has 0 bridgehead atoms. The number of rotatable bonds is 6. The van der Waals surface area contributed by atoms with Crippen molar-refractivity contribution in [3.8, 4) is 0 Å². The van der Waals surface area contributed by atoms with E-state index >= 15 is 0 Å². The molecule has 2 aromatic rings. The summed E-state index contributed by atoms with van der Waals surface area (Å²) in [6.45, 7) is 8.36. The first-order valence-corrected chi connectivity index (χ1v) is 11.2. The fourth-order valence-corrected chi connectivity index (χ4v) is 5.09. The average molecular weight is 415 g/mol. The van der Waals surface area contributed by atoms with E-state index in [1.165, 1.54) is 37.0 Å². The lowest BCUT2D eigenvalue weighted by Gasteiger charge is -2.38. The Morgan fingerprint density at radius 2 is 1.77 bits per heavy atom. The van der Waals surface area contributed by atoms with Crippen LogP contribution >= 0.6 is 0 Å². The highest BCUT2D eigenvalue weighted by molar-refractivity contribution is 5.51. The molecule has 2 heterocycles. The summed E-state index contributed by atoms with van der Waals surface area (Å²) in [6.07, 6.45) is 6.18. The molecule has 162 valence electrons. The van der Waals surface area contributed by atoms with Gasteiger partial charge in [0.15, 0.2) is 6.04 Å². The number of aromatic nitrogens is 4. The minimum absolute atomic E-state index is 0.137. The van der Waals surface area contributed by atoms with Crippen LogP contribution in [0.4, 0.5) is 11.4 Å². The van der Waals surface area contributed by atoms with Crippen LogP contribution in [-0.4, -0.2) is 51.3 Å². The van der Waals surface area contributed by atoms with Crippen LogP contribution < -0.4 is 9.80 Å². The van der Waals surface area contributed by atoms with E-state index in [9.17, 15) is 10.1 Å². The Balaban J connectivity index is 1.46. The van der Waals surface area contributed by atoms with Gasteiger partial charge >= 0.3 is 0 Å². The summed E-state index contributed by atoms with van der Waals surface area (Å²) in [4.78, 5) is 14.4. The molecule has 0 spiro atoms. The number of benzene rings is 1. The molecule has 9 heteroatoms. The molecule has 1 aromatic carbocycles. The SMILES string of the molecule is CC(C)[C@@H](c1nnnn1C1CCCCC1)[NH+]1CCN(c2ccc([N+](=O)[O-])cc2)CC1. The normalized spacial score (nSPS) is 19.9. The molecule has 2 fully saturated rings. The molecule has 1 N–H and O–H groups in total. The molecule has 0 unspecified atom stereocenters. The Bertz CT molecular complexity index is 837. The molecular weight excluding hydrogens is 382 g/mol. The standard InChI is InChI=1S/C21H31N7O2/c1-16(2)20(21-22-23-24-27(21)18-6-4-3-5-7-18)26-14-12-25(13-15-26)17-8-10-19(11-9-17)28(29)30/h8-11,16,18,20H,3-7,12-15H2,1-2H3/p+1/t20-/m0/s1. The summed E-state index contributed by atoms with van der Waals surface area (Å²) in [6, 6.07) is 7.60. The van der Waals surface area contributed by atoms with Crippen molar-refractivity contribution in [1.29, 1.82) is 0 Å². The van der Waals surface area contributed by atoms with E-state index in [1.807, 2.05) is 12.1 Å². The van der Waals surface area contributed by atoms with Crippen molar-refractivity contribution in [2.75, 3.05) is 31.1 Å². The van der Waals surface area contributed by atoms with Gasteiger partial charge in [-0.05, 0) is 35.4 Å². The molecule has 9 nitrogen and oxygen atoms in total. The third kappa shape index (κ3) is 4.30. The minimum atomic E-state index is -0.352. The van der Waals surface area contributed by atoms with Gasteiger partial charge in [0.05, 0.1) is 37.1 Å². The van der Waals surface area contributed by atoms with Gasteiger partial charge in [0.2, 0.25) is 5.82 Å². The second-order valence-corrected chi connectivity index (χ2v) is 8.91. The number of nitrogens with zero attached hydrogens (tertiary/aromatic N) is 6. The van der Waals surface area contributed by atoms with E-state index in [2.05, 4.69) is 39.0 Å². The highest BCUT2D eigenvalue weighted by Crippen LogP contribution is 2.30. The Kier molecular flexibility index (Phi) is 6.26. The van der Waals surface area contributed by atoms with E-state index in [1.54, 1.807) is 12.1 Å². The highest BCUT2D eigenvalue weighted by Gasteiger charge is 2.36. The zero-order chi connectivity index (χ0) is 21.1. The van der Waals surface area contributed by atoms with Crippen molar-refractivity contribution in [3.63, 3.8) is 0 Å². The lowest BCUT2D eigenvalue weighted by molar-refractivity contribution is -0.937. The zero-order valence-electron chi connectivity index (χ0n) is 17.9. The Hall–Kier alpha value is -2.55. The number of piperazine rings is 1. The zero-order valence-corrected chi connectivity index (χ0v) is 17.9. The van der Waals surface area contributed by atoms with Gasteiger partial charge < -0.3 is 9.80 Å². The van der Waals surface area contributed by atoms with Gasteiger partial charge in [-0.15, -0.1) is 5.10 Å². The molecule has 4 rings (SSSR count). The fraction of sp³-hybridized carbons (Fsp3) is 0.667. The van der Waals surface area contributed by atoms with Gasteiger partial charge in [0, 0.05) is 23.7 Å². The third-order valence-corrected chi connectivity index (χ3v) is 6.65.